The summed E-state index contributed by atoms with van der Waals surface area (Å²) in [5.74, 6) is 2.76. The molecule has 3 aromatic heterocycles. The largest absolute Gasteiger partial charge is 0.356 e. The molecule has 1 N–H and O–H groups in total. The molecule has 0 saturated carbocycles. The Balaban J connectivity index is 1.58. The number of nitrogens with one attached hydrogen (secondary N) is 1. The number of aryl methyl sites for hydroxylation is 3. The maximum atomic E-state index is 5.08. The molecule has 4 aromatic rings. The average Bonchev–Trinajstić information content (AvgIpc) is 3.35. The number of hydrogen-bond donors (Lipinski definition) is 1. The van der Waals surface area contributed by atoms with E-state index < -0.39 is 0 Å². The Hall–Kier alpha value is -2.77. The third-order valence-electron chi connectivity index (χ3n) is 6.42. The molecule has 1 aliphatic rings. The lowest BCUT2D eigenvalue weighted by atomic mass is 10.1. The number of rotatable bonds is 6. The van der Waals surface area contributed by atoms with Crippen molar-refractivity contribution < 1.29 is 0 Å². The molecule has 1 saturated heterocycles. The van der Waals surface area contributed by atoms with Crippen LogP contribution in [0, 0.1) is 13.8 Å². The summed E-state index contributed by atoms with van der Waals surface area (Å²) in [6, 6.07) is 10.4. The Morgan fingerprint density at radius 2 is 1.84 bits per heavy atom. The summed E-state index contributed by atoms with van der Waals surface area (Å²) in [5.41, 5.74) is 2.42. The molecule has 0 spiro atoms. The van der Waals surface area contributed by atoms with Gasteiger partial charge in [-0.2, -0.15) is 0 Å². The lowest BCUT2D eigenvalue weighted by molar-refractivity contribution is 0.216. The zero-order valence-electron chi connectivity index (χ0n) is 19.0. The normalized spacial score (nSPS) is 15.8. The zero-order chi connectivity index (χ0) is 22.1. The number of anilines is 1. The molecule has 1 fully saturated rings. The topological polar surface area (TPSA) is 58.9 Å². The third-order valence-corrected chi connectivity index (χ3v) is 7.52. The fraction of sp³-hybridized carbons (Fsp3) is 0.400. The molecule has 0 bridgehead atoms. The van der Waals surface area contributed by atoms with E-state index in [0.717, 1.165) is 52.9 Å². The Bertz CT molecular complexity index is 1210. The van der Waals surface area contributed by atoms with E-state index in [0.29, 0.717) is 0 Å². The van der Waals surface area contributed by atoms with Crippen LogP contribution in [0.2, 0.25) is 0 Å². The van der Waals surface area contributed by atoms with Gasteiger partial charge in [0.05, 0.1) is 11.9 Å². The molecule has 6 nitrogen and oxygen atoms in total. The average molecular weight is 447 g/mol. The van der Waals surface area contributed by atoms with Gasteiger partial charge >= 0.3 is 0 Å². The van der Waals surface area contributed by atoms with Gasteiger partial charge in [-0.3, -0.25) is 4.90 Å². The molecular weight excluding hydrogens is 416 g/mol. The second kappa shape index (κ2) is 9.00. The van der Waals surface area contributed by atoms with Gasteiger partial charge in [0.25, 0.3) is 0 Å². The number of benzene rings is 1. The minimum Gasteiger partial charge on any atom is -0.356 e. The highest BCUT2D eigenvalue weighted by atomic mass is 32.1. The van der Waals surface area contributed by atoms with Gasteiger partial charge in [-0.25, -0.2) is 15.0 Å². The third kappa shape index (κ3) is 4.14. The van der Waals surface area contributed by atoms with Gasteiger partial charge in [0, 0.05) is 24.3 Å². The minimum atomic E-state index is -0.100. The van der Waals surface area contributed by atoms with Crippen LogP contribution in [0.5, 0.6) is 0 Å². The first-order valence-corrected chi connectivity index (χ1v) is 12.2. The lowest BCUT2D eigenvalue weighted by Gasteiger charge is -2.26. The minimum absolute atomic E-state index is 0.100. The maximum Gasteiger partial charge on any atom is 0.146 e. The number of likely N-dealkylation sites (tertiary alicyclic amines) is 1. The van der Waals surface area contributed by atoms with Crippen molar-refractivity contribution in [2.45, 2.75) is 45.7 Å². The quantitative estimate of drug-likeness (QED) is 0.439. The van der Waals surface area contributed by atoms with E-state index in [1.807, 2.05) is 25.5 Å². The predicted octanol–water partition coefficient (Wildman–Crippen LogP) is 5.23. The highest BCUT2D eigenvalue weighted by molar-refractivity contribution is 7.18. The molecule has 5 rings (SSSR count). The van der Waals surface area contributed by atoms with E-state index >= 15 is 0 Å². The molecule has 166 valence electrons. The number of aromatic nitrogens is 4. The van der Waals surface area contributed by atoms with Crippen molar-refractivity contribution in [1.29, 1.82) is 0 Å². The second-order valence-electron chi connectivity index (χ2n) is 8.67. The van der Waals surface area contributed by atoms with Crippen molar-refractivity contribution in [2.75, 3.05) is 18.4 Å². The molecule has 1 atom stereocenters. The number of piperidine rings is 1. The van der Waals surface area contributed by atoms with Crippen LogP contribution < -0.4 is 5.32 Å². The van der Waals surface area contributed by atoms with E-state index in [4.69, 9.17) is 9.97 Å². The van der Waals surface area contributed by atoms with Crippen LogP contribution in [0.25, 0.3) is 10.2 Å². The summed E-state index contributed by atoms with van der Waals surface area (Å²) >= 11 is 1.76. The summed E-state index contributed by atoms with van der Waals surface area (Å²) < 4.78 is 2.07. The van der Waals surface area contributed by atoms with Gasteiger partial charge in [0.1, 0.15) is 28.3 Å². The monoisotopic (exact) mass is 446 g/mol. The fourth-order valence-electron chi connectivity index (χ4n) is 4.52. The Morgan fingerprint density at radius 1 is 1.06 bits per heavy atom. The summed E-state index contributed by atoms with van der Waals surface area (Å²) in [6.45, 7) is 7.41. The van der Waals surface area contributed by atoms with Gasteiger partial charge in [0.15, 0.2) is 0 Å². The molecule has 0 radical (unpaired) electrons. The molecule has 4 heterocycles. The summed E-state index contributed by atoms with van der Waals surface area (Å²) in [6.07, 6.45) is 7.70. The van der Waals surface area contributed by atoms with E-state index in [1.165, 1.54) is 29.7 Å². The van der Waals surface area contributed by atoms with Crippen LogP contribution in [0.3, 0.4) is 0 Å². The van der Waals surface area contributed by atoms with E-state index in [-0.39, 0.29) is 6.04 Å². The predicted molar refractivity (Wildman–Crippen MR) is 131 cm³/mol. The summed E-state index contributed by atoms with van der Waals surface area (Å²) in [4.78, 5) is 19.6. The van der Waals surface area contributed by atoms with E-state index in [9.17, 15) is 0 Å². The van der Waals surface area contributed by atoms with Crippen molar-refractivity contribution in [3.05, 3.63) is 70.4 Å². The first-order chi connectivity index (χ1) is 15.6. The molecule has 0 amide bonds. The molecule has 7 heteroatoms. The van der Waals surface area contributed by atoms with Crippen molar-refractivity contribution in [2.24, 2.45) is 7.05 Å². The van der Waals surface area contributed by atoms with Crippen molar-refractivity contribution in [1.82, 2.24) is 24.4 Å². The lowest BCUT2D eigenvalue weighted by Crippen LogP contribution is -2.30. The highest BCUT2D eigenvalue weighted by Gasteiger charge is 2.23. The van der Waals surface area contributed by atoms with Crippen molar-refractivity contribution in [3.63, 3.8) is 0 Å². The first-order valence-electron chi connectivity index (χ1n) is 11.4. The van der Waals surface area contributed by atoms with Crippen LogP contribution in [0.15, 0.2) is 42.7 Å². The highest BCUT2D eigenvalue weighted by Crippen LogP contribution is 2.36. The van der Waals surface area contributed by atoms with Crippen molar-refractivity contribution >= 4 is 27.4 Å². The van der Waals surface area contributed by atoms with Gasteiger partial charge in [-0.05, 0) is 50.9 Å². The Labute approximate surface area is 193 Å². The molecule has 32 heavy (non-hydrogen) atoms. The molecule has 1 aliphatic heterocycles. The smallest absolute Gasteiger partial charge is 0.146 e. The van der Waals surface area contributed by atoms with Crippen LogP contribution in [-0.4, -0.2) is 37.5 Å². The van der Waals surface area contributed by atoms with Crippen molar-refractivity contribution in [3.8, 4) is 0 Å². The number of hydrogen-bond acceptors (Lipinski definition) is 6. The van der Waals surface area contributed by atoms with E-state index in [2.05, 4.69) is 57.9 Å². The summed E-state index contributed by atoms with van der Waals surface area (Å²) in [7, 11) is 2.04. The van der Waals surface area contributed by atoms with Crippen LogP contribution in [0.1, 0.15) is 53.0 Å². The van der Waals surface area contributed by atoms with Crippen LogP contribution >= 0.6 is 11.3 Å². The van der Waals surface area contributed by atoms with Gasteiger partial charge in [-0.1, -0.05) is 36.8 Å². The van der Waals surface area contributed by atoms with Crippen LogP contribution in [0.4, 0.5) is 5.82 Å². The number of imidazole rings is 1. The molecular formula is C25H30N6S. The fourth-order valence-corrected chi connectivity index (χ4v) is 5.57. The first kappa shape index (κ1) is 21.1. The molecule has 0 unspecified atom stereocenters. The number of fused-ring (bicyclic) bond motifs is 1. The van der Waals surface area contributed by atoms with Gasteiger partial charge < -0.3 is 9.88 Å². The number of thiophene rings is 1. The standard InChI is InChI=1S/C25H30N6S/c1-17-18(2)32-25-21(17)23(27-20(28-25)16-31-13-8-5-9-14-31)29-22(19-10-6-4-7-11-19)24-26-12-15-30(24)3/h4,6-7,10-12,15,22H,5,8-9,13-14,16H2,1-3H3,(H,27,28,29)/t22-/m1/s1. The molecule has 1 aromatic carbocycles. The van der Waals surface area contributed by atoms with Gasteiger partial charge in [0.2, 0.25) is 0 Å². The second-order valence-corrected chi connectivity index (χ2v) is 9.88. The van der Waals surface area contributed by atoms with Crippen LogP contribution in [-0.2, 0) is 13.6 Å². The Morgan fingerprint density at radius 3 is 2.56 bits per heavy atom. The van der Waals surface area contributed by atoms with Gasteiger partial charge in [-0.15, -0.1) is 11.3 Å². The zero-order valence-corrected chi connectivity index (χ0v) is 19.8. The SMILES string of the molecule is Cc1sc2nc(CN3CCCCC3)nc(N[C@H](c3ccccc3)c3nccn3C)c2c1C. The molecule has 0 aliphatic carbocycles. The number of nitrogens with zero attached hydrogens (tertiary/aromatic N) is 5. The maximum absolute atomic E-state index is 5.08. The van der Waals surface area contributed by atoms with E-state index in [1.54, 1.807) is 11.3 Å². The summed E-state index contributed by atoms with van der Waals surface area (Å²) in [5, 5.41) is 4.90. The Kier molecular flexibility index (Phi) is 5.93.